The molecule has 1 aliphatic heterocycles. The number of nitrogens with one attached hydrogen (secondary N) is 2. The van der Waals surface area contributed by atoms with E-state index in [0.717, 1.165) is 39.0 Å². The summed E-state index contributed by atoms with van der Waals surface area (Å²) in [5.41, 5.74) is 2.90. The van der Waals surface area contributed by atoms with Crippen molar-refractivity contribution in [2.75, 3.05) is 26.7 Å². The Balaban J connectivity index is 1.74. The zero-order chi connectivity index (χ0) is 15.1. The van der Waals surface area contributed by atoms with Crippen molar-refractivity contribution in [3.05, 3.63) is 35.4 Å². The number of carbonyl (C=O) groups is 1. The van der Waals surface area contributed by atoms with Crippen molar-refractivity contribution in [1.29, 1.82) is 0 Å². The topological polar surface area (TPSA) is 44.4 Å². The number of benzene rings is 1. The Bertz CT molecular complexity index is 461. The summed E-state index contributed by atoms with van der Waals surface area (Å²) in [6.07, 6.45) is 2.61. The maximum atomic E-state index is 11.7. The first kappa shape index (κ1) is 16.0. The predicted molar refractivity (Wildman–Crippen MR) is 86.2 cm³/mol. The summed E-state index contributed by atoms with van der Waals surface area (Å²) in [7, 11) is 1.91. The van der Waals surface area contributed by atoms with Crippen LogP contribution in [0.4, 0.5) is 0 Å². The van der Waals surface area contributed by atoms with Gasteiger partial charge in [-0.1, -0.05) is 24.3 Å². The van der Waals surface area contributed by atoms with Crippen molar-refractivity contribution in [2.45, 2.75) is 38.8 Å². The zero-order valence-corrected chi connectivity index (χ0v) is 13.2. The van der Waals surface area contributed by atoms with Crippen molar-refractivity contribution in [3.63, 3.8) is 0 Å². The summed E-state index contributed by atoms with van der Waals surface area (Å²) >= 11 is 0. The molecule has 1 unspecified atom stereocenters. The minimum Gasteiger partial charge on any atom is -0.355 e. The molecule has 1 amide bonds. The summed E-state index contributed by atoms with van der Waals surface area (Å²) < 4.78 is 0. The third-order valence-corrected chi connectivity index (χ3v) is 4.21. The lowest BCUT2D eigenvalue weighted by molar-refractivity contribution is -0.121. The normalized spacial score (nSPS) is 16.3. The molecule has 0 aromatic heterocycles. The Morgan fingerprint density at radius 3 is 2.86 bits per heavy atom. The molecule has 1 aromatic rings. The average molecular weight is 289 g/mol. The Morgan fingerprint density at radius 2 is 2.10 bits per heavy atom. The molecule has 2 N–H and O–H groups in total. The maximum Gasteiger partial charge on any atom is 0.220 e. The molecule has 1 aliphatic rings. The van der Waals surface area contributed by atoms with Crippen LogP contribution in [0.2, 0.25) is 0 Å². The molecule has 0 bridgehead atoms. The highest BCUT2D eigenvalue weighted by molar-refractivity contribution is 5.75. The lowest BCUT2D eigenvalue weighted by Gasteiger charge is -2.33. The average Bonchev–Trinajstić information content (AvgIpc) is 2.52. The van der Waals surface area contributed by atoms with Crippen LogP contribution < -0.4 is 10.6 Å². The maximum absolute atomic E-state index is 11.7. The number of fused-ring (bicyclic) bond motifs is 1. The Morgan fingerprint density at radius 1 is 1.33 bits per heavy atom. The van der Waals surface area contributed by atoms with Gasteiger partial charge in [0.25, 0.3) is 0 Å². The summed E-state index contributed by atoms with van der Waals surface area (Å²) in [6, 6.07) is 9.04. The van der Waals surface area contributed by atoms with Gasteiger partial charge in [0.1, 0.15) is 0 Å². The van der Waals surface area contributed by atoms with Crippen molar-refractivity contribution < 1.29 is 4.79 Å². The van der Waals surface area contributed by atoms with Crippen molar-refractivity contribution in [3.8, 4) is 0 Å². The second-order valence-corrected chi connectivity index (χ2v) is 5.85. The molecule has 0 aliphatic carbocycles. The van der Waals surface area contributed by atoms with E-state index in [4.69, 9.17) is 0 Å². The lowest BCUT2D eigenvalue weighted by atomic mass is 9.99. The van der Waals surface area contributed by atoms with Crippen molar-refractivity contribution in [2.24, 2.45) is 0 Å². The van der Waals surface area contributed by atoms with Crippen LogP contribution in [0.25, 0.3) is 0 Å². The van der Waals surface area contributed by atoms with Crippen LogP contribution in [0.3, 0.4) is 0 Å². The number of hydrogen-bond acceptors (Lipinski definition) is 3. The van der Waals surface area contributed by atoms with E-state index >= 15 is 0 Å². The van der Waals surface area contributed by atoms with E-state index in [-0.39, 0.29) is 5.91 Å². The summed E-state index contributed by atoms with van der Waals surface area (Å²) in [4.78, 5) is 14.2. The first-order valence-corrected chi connectivity index (χ1v) is 7.93. The Labute approximate surface area is 127 Å². The van der Waals surface area contributed by atoms with Gasteiger partial charge in [0.2, 0.25) is 5.91 Å². The quantitative estimate of drug-likeness (QED) is 0.749. The van der Waals surface area contributed by atoms with E-state index in [1.807, 2.05) is 7.05 Å². The monoisotopic (exact) mass is 289 g/mol. The minimum atomic E-state index is 0.162. The van der Waals surface area contributed by atoms with E-state index < -0.39 is 0 Å². The van der Waals surface area contributed by atoms with Gasteiger partial charge in [0.15, 0.2) is 0 Å². The van der Waals surface area contributed by atoms with E-state index in [1.54, 1.807) is 0 Å². The molecule has 4 nitrogen and oxygen atoms in total. The molecule has 0 spiro atoms. The Hall–Kier alpha value is -1.39. The first-order valence-electron chi connectivity index (χ1n) is 7.93. The summed E-state index contributed by atoms with van der Waals surface area (Å²) in [5.74, 6) is 0.162. The van der Waals surface area contributed by atoms with Crippen LogP contribution >= 0.6 is 0 Å². The van der Waals surface area contributed by atoms with Crippen LogP contribution in [0.15, 0.2) is 24.3 Å². The molecule has 0 fully saturated rings. The molecule has 1 atom stereocenters. The van der Waals surface area contributed by atoms with Gasteiger partial charge in [-0.05, 0) is 44.5 Å². The van der Waals surface area contributed by atoms with E-state index in [0.29, 0.717) is 12.5 Å². The first-order chi connectivity index (χ1) is 10.2. The summed E-state index contributed by atoms with van der Waals surface area (Å²) in [6.45, 7) is 5.90. The number of hydrogen-bond donors (Lipinski definition) is 2. The highest BCUT2D eigenvalue weighted by Crippen LogP contribution is 2.19. The van der Waals surface area contributed by atoms with Gasteiger partial charge < -0.3 is 10.6 Å². The van der Waals surface area contributed by atoms with Crippen LogP contribution in [-0.4, -0.2) is 43.5 Å². The second kappa shape index (κ2) is 8.15. The van der Waals surface area contributed by atoms with Crippen LogP contribution in [0.1, 0.15) is 30.9 Å². The number of rotatable bonds is 7. The highest BCUT2D eigenvalue weighted by Gasteiger charge is 2.20. The van der Waals surface area contributed by atoms with Gasteiger partial charge in [-0.15, -0.1) is 0 Å². The highest BCUT2D eigenvalue weighted by atomic mass is 16.1. The number of carbonyl (C=O) groups excluding carboxylic acids is 1. The molecule has 4 heteroatoms. The van der Waals surface area contributed by atoms with Crippen LogP contribution in [-0.2, 0) is 17.8 Å². The fourth-order valence-electron chi connectivity index (χ4n) is 2.80. The van der Waals surface area contributed by atoms with Crippen molar-refractivity contribution >= 4 is 5.91 Å². The van der Waals surface area contributed by atoms with Gasteiger partial charge >= 0.3 is 0 Å². The second-order valence-electron chi connectivity index (χ2n) is 5.85. The predicted octanol–water partition coefficient (Wildman–Crippen LogP) is 1.55. The van der Waals surface area contributed by atoms with Gasteiger partial charge in [-0.3, -0.25) is 9.69 Å². The SMILES string of the molecule is CNCCCC(=O)NCC(C)N1CCc2ccccc2C1. The molecule has 1 aromatic carbocycles. The molecule has 0 saturated carbocycles. The fraction of sp³-hybridized carbons (Fsp3) is 0.588. The standard InChI is InChI=1S/C17H27N3O/c1-14(12-19-17(21)8-5-10-18-2)20-11-9-15-6-3-4-7-16(15)13-20/h3-4,6-7,14,18H,5,8-13H2,1-2H3,(H,19,21). The third kappa shape index (κ3) is 4.83. The van der Waals surface area contributed by atoms with Crippen LogP contribution in [0, 0.1) is 0 Å². The largest absolute Gasteiger partial charge is 0.355 e. The zero-order valence-electron chi connectivity index (χ0n) is 13.2. The molecular weight excluding hydrogens is 262 g/mol. The van der Waals surface area contributed by atoms with Crippen molar-refractivity contribution in [1.82, 2.24) is 15.5 Å². The molecule has 1 heterocycles. The van der Waals surface area contributed by atoms with E-state index in [9.17, 15) is 4.79 Å². The van der Waals surface area contributed by atoms with Gasteiger partial charge in [0.05, 0.1) is 0 Å². The lowest BCUT2D eigenvalue weighted by Crippen LogP contribution is -2.44. The van der Waals surface area contributed by atoms with E-state index in [1.165, 1.54) is 11.1 Å². The number of nitrogens with zero attached hydrogens (tertiary/aromatic N) is 1. The smallest absolute Gasteiger partial charge is 0.220 e. The minimum absolute atomic E-state index is 0.162. The van der Waals surface area contributed by atoms with Crippen LogP contribution in [0.5, 0.6) is 0 Å². The summed E-state index contributed by atoms with van der Waals surface area (Å²) in [5, 5.41) is 6.12. The van der Waals surface area contributed by atoms with Gasteiger partial charge in [-0.2, -0.15) is 0 Å². The molecule has 0 radical (unpaired) electrons. The fourth-order valence-corrected chi connectivity index (χ4v) is 2.80. The van der Waals surface area contributed by atoms with Gasteiger partial charge in [-0.25, -0.2) is 0 Å². The molecular formula is C17H27N3O. The van der Waals surface area contributed by atoms with Gasteiger partial charge in [0, 0.05) is 32.1 Å². The molecule has 2 rings (SSSR count). The molecule has 0 saturated heterocycles. The van der Waals surface area contributed by atoms with E-state index in [2.05, 4.69) is 46.7 Å². The Kier molecular flexibility index (Phi) is 6.21. The molecule has 116 valence electrons. The molecule has 21 heavy (non-hydrogen) atoms. The number of amides is 1. The third-order valence-electron chi connectivity index (χ3n) is 4.21.